The average molecular weight is 937 g/mol. The number of amides is 1. The fourth-order valence-corrected chi connectivity index (χ4v) is 17.6. The van der Waals surface area contributed by atoms with E-state index in [0.29, 0.717) is 51.7 Å². The highest BCUT2D eigenvalue weighted by Gasteiger charge is 2.55. The molecule has 358 valence electrons. The van der Waals surface area contributed by atoms with E-state index in [2.05, 4.69) is 69.4 Å². The lowest BCUT2D eigenvalue weighted by molar-refractivity contribution is -0.0684. The zero-order chi connectivity index (χ0) is 47.7. The van der Waals surface area contributed by atoms with E-state index in [1.807, 2.05) is 37.8 Å². The maximum absolute atomic E-state index is 18.2. The molecule has 7 heterocycles. The Morgan fingerprint density at radius 3 is 2.49 bits per heavy atom. The van der Waals surface area contributed by atoms with Crippen molar-refractivity contribution >= 4 is 41.7 Å². The van der Waals surface area contributed by atoms with Crippen LogP contribution in [-0.4, -0.2) is 121 Å². The normalized spacial score (nSPS) is 23.8. The number of fused-ring (bicyclic) bond motifs is 7. The summed E-state index contributed by atoms with van der Waals surface area (Å²) in [7, 11) is -0.776. The van der Waals surface area contributed by atoms with Gasteiger partial charge in [0.1, 0.15) is 61.4 Å². The van der Waals surface area contributed by atoms with Crippen molar-refractivity contribution in [1.82, 2.24) is 24.8 Å². The maximum atomic E-state index is 18.2. The minimum Gasteiger partial charge on any atom is -0.469 e. The molecular weight excluding hydrogens is 871 g/mol. The largest absolute Gasteiger partial charge is 0.469 e. The van der Waals surface area contributed by atoms with E-state index in [4.69, 9.17) is 38.6 Å². The Hall–Kier alpha value is -4.88. The predicted molar refractivity (Wildman–Crippen MR) is 259 cm³/mol. The summed E-state index contributed by atoms with van der Waals surface area (Å²) < 4.78 is 65.7. The summed E-state index contributed by atoms with van der Waals surface area (Å²) in [5, 5.41) is 1.42. The lowest BCUT2D eigenvalue weighted by atomic mass is 9.91. The molecule has 0 N–H and O–H groups in total. The van der Waals surface area contributed by atoms with E-state index in [9.17, 15) is 4.79 Å². The van der Waals surface area contributed by atoms with Crippen molar-refractivity contribution in [2.45, 2.75) is 146 Å². The van der Waals surface area contributed by atoms with Gasteiger partial charge >= 0.3 is 12.1 Å². The molecule has 5 atom stereocenters. The average Bonchev–Trinajstić information content (AvgIpc) is 3.90. The zero-order valence-electron chi connectivity index (χ0n) is 40.8. The van der Waals surface area contributed by atoms with Gasteiger partial charge in [-0.05, 0) is 87.5 Å². The van der Waals surface area contributed by atoms with Gasteiger partial charge in [-0.25, -0.2) is 18.6 Å². The van der Waals surface area contributed by atoms with Crippen LogP contribution in [0.1, 0.15) is 100.0 Å². The first-order valence-electron chi connectivity index (χ1n) is 24.1. The number of carbonyl (C=O) groups is 1. The monoisotopic (exact) mass is 936 g/mol. The Balaban J connectivity index is 1.26. The highest BCUT2D eigenvalue weighted by atomic mass is 28.3. The molecule has 15 heteroatoms. The smallest absolute Gasteiger partial charge is 0.410 e. The third kappa shape index (κ3) is 8.03. The van der Waals surface area contributed by atoms with Crippen molar-refractivity contribution in [3.05, 3.63) is 59.7 Å². The van der Waals surface area contributed by atoms with Gasteiger partial charge in [0.2, 0.25) is 5.88 Å². The minimum absolute atomic E-state index is 0.00746. The molecule has 5 aliphatic heterocycles. The number of methoxy groups -OCH3 is 1. The topological polar surface area (TPSA) is 112 Å². The Kier molecular flexibility index (Phi) is 12.6. The lowest BCUT2D eigenvalue weighted by Crippen LogP contribution is -2.66. The van der Waals surface area contributed by atoms with Crippen molar-refractivity contribution in [1.29, 1.82) is 0 Å². The number of ether oxygens (including phenoxy) is 5. The molecule has 5 unspecified atom stereocenters. The van der Waals surface area contributed by atoms with Crippen LogP contribution in [0.4, 0.5) is 19.4 Å². The number of benzene rings is 2. The van der Waals surface area contributed by atoms with Crippen LogP contribution in [-0.2, 0) is 14.2 Å². The Morgan fingerprint density at radius 2 is 1.78 bits per heavy atom. The fourth-order valence-electron chi connectivity index (χ4n) is 12.4. The summed E-state index contributed by atoms with van der Waals surface area (Å²) in [6.45, 7) is 25.8. The maximum Gasteiger partial charge on any atom is 0.410 e. The second-order valence-electron chi connectivity index (χ2n) is 21.1. The van der Waals surface area contributed by atoms with Crippen LogP contribution in [0.2, 0.25) is 16.6 Å². The molecule has 2 bridgehead atoms. The summed E-state index contributed by atoms with van der Waals surface area (Å²) >= 11 is 0. The molecule has 0 aliphatic carbocycles. The van der Waals surface area contributed by atoms with Crippen molar-refractivity contribution in [2.75, 3.05) is 51.7 Å². The van der Waals surface area contributed by atoms with Crippen LogP contribution >= 0.6 is 0 Å². The molecule has 4 saturated heterocycles. The summed E-state index contributed by atoms with van der Waals surface area (Å²) in [6, 6.07) is 7.45. The van der Waals surface area contributed by atoms with Gasteiger partial charge in [0, 0.05) is 31.1 Å². The number of nitrogens with zero attached hydrogens (tertiary/aromatic N) is 6. The van der Waals surface area contributed by atoms with Crippen molar-refractivity contribution in [3.63, 3.8) is 0 Å². The van der Waals surface area contributed by atoms with Gasteiger partial charge in [-0.3, -0.25) is 9.80 Å². The second kappa shape index (κ2) is 17.9. The van der Waals surface area contributed by atoms with E-state index >= 15 is 8.78 Å². The number of halogens is 2. The van der Waals surface area contributed by atoms with Crippen molar-refractivity contribution in [2.24, 2.45) is 0 Å². The third-order valence-corrected chi connectivity index (χ3v) is 21.6. The second-order valence-corrected chi connectivity index (χ2v) is 26.7. The van der Waals surface area contributed by atoms with Gasteiger partial charge in [0.25, 0.3) is 0 Å². The third-order valence-electron chi connectivity index (χ3n) is 15.3. The molecule has 1 amide bonds. The van der Waals surface area contributed by atoms with Crippen molar-refractivity contribution < 1.29 is 37.3 Å². The number of hydrogen-bond donors (Lipinski definition) is 0. The lowest BCUT2D eigenvalue weighted by Gasteiger charge is -2.48. The Morgan fingerprint density at radius 1 is 1.01 bits per heavy atom. The summed E-state index contributed by atoms with van der Waals surface area (Å²) in [5.41, 5.74) is 5.11. The standard InChI is InChI=1S/C52H66F2N6O6Si/c1-30(2)67(31(3)4,32(5)6)25-21-36-38(53)18-16-34-14-12-15-37(41(34)36)44-43(54)45-42-47(57-49(56-45)64-28-52-22-13-23-58(52)24-20-33(52)7)59-26-35-17-19-39(60(35)50(61)66-51(8,9)10)46(59)40(27-63-29-62-11)65-48(42)55-44/h12,14-16,18,30-32,35,39-40,46H,7,13,17,19-20,22-24,26-29H2,1-6,8-11H3. The van der Waals surface area contributed by atoms with Gasteiger partial charge in [-0.15, -0.1) is 5.54 Å². The molecule has 9 rings (SSSR count). The van der Waals surface area contributed by atoms with E-state index in [-0.39, 0.29) is 71.7 Å². The van der Waals surface area contributed by atoms with Gasteiger partial charge in [0.15, 0.2) is 5.82 Å². The van der Waals surface area contributed by atoms with E-state index < -0.39 is 43.5 Å². The number of pyridine rings is 1. The van der Waals surface area contributed by atoms with Crippen molar-refractivity contribution in [3.8, 4) is 34.6 Å². The number of rotatable bonds is 11. The number of piperazine rings is 1. The van der Waals surface area contributed by atoms with Gasteiger partial charge in [-0.1, -0.05) is 83.9 Å². The highest BCUT2D eigenvalue weighted by molar-refractivity contribution is 6.90. The van der Waals surface area contributed by atoms with E-state index in [1.54, 1.807) is 19.2 Å². The molecule has 0 spiro atoms. The first kappa shape index (κ1) is 47.2. The molecule has 0 saturated carbocycles. The summed E-state index contributed by atoms with van der Waals surface area (Å²) in [4.78, 5) is 35.5. The molecule has 12 nitrogen and oxygen atoms in total. The van der Waals surface area contributed by atoms with Crippen LogP contribution in [0.5, 0.6) is 11.9 Å². The van der Waals surface area contributed by atoms with Gasteiger partial charge in [-0.2, -0.15) is 9.97 Å². The molecule has 2 aromatic carbocycles. The Bertz CT molecular complexity index is 2640. The molecule has 2 aromatic heterocycles. The first-order valence-corrected chi connectivity index (χ1v) is 26.4. The van der Waals surface area contributed by atoms with Crippen LogP contribution in [0.15, 0.2) is 42.5 Å². The van der Waals surface area contributed by atoms with Crippen LogP contribution in [0.25, 0.3) is 32.9 Å². The van der Waals surface area contributed by atoms with Gasteiger partial charge in [0.05, 0.1) is 35.8 Å². The molecule has 4 aromatic rings. The van der Waals surface area contributed by atoms with Gasteiger partial charge < -0.3 is 28.6 Å². The fraction of sp³-hybridized carbons (Fsp3) is 0.577. The molecule has 0 radical (unpaired) electrons. The predicted octanol–water partition coefficient (Wildman–Crippen LogP) is 10.2. The SMILES string of the molecule is C=C1CCN2CCCC12COc1nc2c3c(nc(-c4cccc5ccc(F)c(C#C[Si](C(C)C)(C(C)C)C(C)C)c45)c(F)c3n1)OC(COCOC)C1C3CCC(CN21)N3C(=O)OC(C)(C)C. The number of anilines is 1. The molecule has 67 heavy (non-hydrogen) atoms. The summed E-state index contributed by atoms with van der Waals surface area (Å²) in [6.07, 6.45) is 3.01. The van der Waals surface area contributed by atoms with Crippen LogP contribution < -0.4 is 14.4 Å². The van der Waals surface area contributed by atoms with E-state index in [1.165, 1.54) is 6.07 Å². The first-order chi connectivity index (χ1) is 31.9. The number of carbonyl (C=O) groups excluding carboxylic acids is 1. The molecule has 5 aliphatic rings. The van der Waals surface area contributed by atoms with E-state index in [0.717, 1.165) is 44.3 Å². The number of hydrogen-bond acceptors (Lipinski definition) is 11. The zero-order valence-corrected chi connectivity index (χ0v) is 41.8. The molecular formula is C52H66F2N6O6Si. The number of aromatic nitrogens is 3. The highest BCUT2D eigenvalue weighted by Crippen LogP contribution is 2.49. The quantitative estimate of drug-likeness (QED) is 0.0471. The minimum atomic E-state index is -2.32. The van der Waals surface area contributed by atoms with Crippen LogP contribution in [0, 0.1) is 23.1 Å². The summed E-state index contributed by atoms with van der Waals surface area (Å²) in [5.74, 6) is 2.64. The van der Waals surface area contributed by atoms with Crippen LogP contribution in [0.3, 0.4) is 0 Å². The Labute approximate surface area is 394 Å². The molecule has 4 fully saturated rings.